The van der Waals surface area contributed by atoms with Gasteiger partial charge in [0.25, 0.3) is 5.91 Å². The normalized spacial score (nSPS) is 14.6. The molecular weight excluding hydrogens is 402 g/mol. The van der Waals surface area contributed by atoms with Gasteiger partial charge >= 0.3 is 6.03 Å². The summed E-state index contributed by atoms with van der Waals surface area (Å²) in [6.45, 7) is 7.05. The SMILES string of the molecule is CN=C(C)C(Cn1cc(N2C(=O)CN(CCc3cccc(Cl)c3)C2=O)cn1)=C(C)C. The molecule has 0 unspecified atom stereocenters. The summed E-state index contributed by atoms with van der Waals surface area (Å²) in [5.41, 5.74) is 4.67. The number of aliphatic imine (C=N–C) groups is 1. The minimum absolute atomic E-state index is 0.0609. The van der Waals surface area contributed by atoms with E-state index in [1.54, 1.807) is 29.0 Å². The molecule has 0 N–H and O–H groups in total. The van der Waals surface area contributed by atoms with Gasteiger partial charge in [0.05, 0.1) is 18.4 Å². The second kappa shape index (κ2) is 9.26. The molecule has 1 aliphatic heterocycles. The van der Waals surface area contributed by atoms with E-state index in [0.717, 1.165) is 22.4 Å². The van der Waals surface area contributed by atoms with Gasteiger partial charge in [-0.25, -0.2) is 9.69 Å². The summed E-state index contributed by atoms with van der Waals surface area (Å²) in [6.07, 6.45) is 3.91. The first kappa shape index (κ1) is 21.8. The fourth-order valence-corrected chi connectivity index (χ4v) is 3.63. The maximum atomic E-state index is 12.8. The Morgan fingerprint density at radius 2 is 2.00 bits per heavy atom. The molecule has 3 amide bonds. The van der Waals surface area contributed by atoms with Crippen molar-refractivity contribution in [1.82, 2.24) is 14.7 Å². The van der Waals surface area contributed by atoms with Crippen molar-refractivity contribution in [3.63, 3.8) is 0 Å². The Kier molecular flexibility index (Phi) is 6.72. The van der Waals surface area contributed by atoms with Crippen LogP contribution in [0.3, 0.4) is 0 Å². The van der Waals surface area contributed by atoms with Crippen molar-refractivity contribution in [1.29, 1.82) is 0 Å². The third-order valence-electron chi connectivity index (χ3n) is 5.17. The number of allylic oxidation sites excluding steroid dienone is 2. The topological polar surface area (TPSA) is 70.8 Å². The molecule has 0 saturated carbocycles. The molecule has 0 radical (unpaired) electrons. The van der Waals surface area contributed by atoms with Gasteiger partial charge < -0.3 is 4.90 Å². The van der Waals surface area contributed by atoms with E-state index < -0.39 is 0 Å². The lowest BCUT2D eigenvalue weighted by molar-refractivity contribution is -0.116. The molecular formula is C22H26ClN5O2. The van der Waals surface area contributed by atoms with Crippen LogP contribution in [0.25, 0.3) is 0 Å². The first-order valence-electron chi connectivity index (χ1n) is 9.79. The molecule has 1 fully saturated rings. The van der Waals surface area contributed by atoms with Crippen molar-refractivity contribution in [3.05, 3.63) is 58.4 Å². The number of hydrogen-bond donors (Lipinski definition) is 0. The van der Waals surface area contributed by atoms with E-state index in [2.05, 4.69) is 10.1 Å². The van der Waals surface area contributed by atoms with E-state index in [9.17, 15) is 9.59 Å². The molecule has 7 nitrogen and oxygen atoms in total. The smallest absolute Gasteiger partial charge is 0.314 e. The van der Waals surface area contributed by atoms with Crippen LogP contribution in [-0.2, 0) is 17.8 Å². The van der Waals surface area contributed by atoms with Crippen LogP contribution in [-0.4, -0.2) is 52.5 Å². The number of anilines is 1. The minimum Gasteiger partial charge on any atom is -0.314 e. The number of benzene rings is 1. The summed E-state index contributed by atoms with van der Waals surface area (Å²) in [6, 6.07) is 7.19. The highest BCUT2D eigenvalue weighted by Gasteiger charge is 2.37. The summed E-state index contributed by atoms with van der Waals surface area (Å²) in [4.78, 5) is 32.4. The summed E-state index contributed by atoms with van der Waals surface area (Å²) < 4.78 is 1.72. The predicted octanol–water partition coefficient (Wildman–Crippen LogP) is 3.97. The number of nitrogens with zero attached hydrogens (tertiary/aromatic N) is 5. The molecule has 0 aliphatic carbocycles. The van der Waals surface area contributed by atoms with E-state index in [1.165, 1.54) is 4.90 Å². The van der Waals surface area contributed by atoms with Crippen molar-refractivity contribution in [2.45, 2.75) is 33.7 Å². The molecule has 1 saturated heterocycles. The van der Waals surface area contributed by atoms with Crippen molar-refractivity contribution < 1.29 is 9.59 Å². The maximum Gasteiger partial charge on any atom is 0.331 e. The van der Waals surface area contributed by atoms with E-state index in [0.29, 0.717) is 30.2 Å². The van der Waals surface area contributed by atoms with Crippen molar-refractivity contribution >= 4 is 34.9 Å². The highest BCUT2D eigenvalue weighted by molar-refractivity contribution is 6.30. The summed E-state index contributed by atoms with van der Waals surface area (Å²) in [5.74, 6) is -0.251. The van der Waals surface area contributed by atoms with E-state index in [4.69, 9.17) is 11.6 Å². The third kappa shape index (κ3) is 4.79. The van der Waals surface area contributed by atoms with Gasteiger partial charge in [0, 0.05) is 30.5 Å². The summed E-state index contributed by atoms with van der Waals surface area (Å²) in [5, 5.41) is 5.00. The van der Waals surface area contributed by atoms with Gasteiger partial charge in [-0.3, -0.25) is 14.5 Å². The Balaban J connectivity index is 1.70. The van der Waals surface area contributed by atoms with Crippen molar-refractivity contribution in [2.75, 3.05) is 25.0 Å². The van der Waals surface area contributed by atoms with Crippen molar-refractivity contribution in [2.24, 2.45) is 4.99 Å². The molecule has 0 atom stereocenters. The minimum atomic E-state index is -0.324. The second-order valence-corrected chi connectivity index (χ2v) is 7.93. The first-order chi connectivity index (χ1) is 14.3. The number of carbonyl (C=O) groups excluding carboxylic acids is 2. The number of aromatic nitrogens is 2. The fourth-order valence-electron chi connectivity index (χ4n) is 3.42. The molecule has 30 heavy (non-hydrogen) atoms. The van der Waals surface area contributed by atoms with Gasteiger partial charge in [-0.1, -0.05) is 29.3 Å². The third-order valence-corrected chi connectivity index (χ3v) is 5.41. The number of amides is 3. The van der Waals surface area contributed by atoms with Gasteiger partial charge in [0.2, 0.25) is 0 Å². The van der Waals surface area contributed by atoms with Gasteiger partial charge in [-0.05, 0) is 50.5 Å². The molecule has 1 aromatic carbocycles. The molecule has 3 rings (SSSR count). The molecule has 0 spiro atoms. The second-order valence-electron chi connectivity index (χ2n) is 7.50. The zero-order valence-corrected chi connectivity index (χ0v) is 18.5. The van der Waals surface area contributed by atoms with E-state index >= 15 is 0 Å². The largest absolute Gasteiger partial charge is 0.331 e. The summed E-state index contributed by atoms with van der Waals surface area (Å²) in [7, 11) is 1.76. The number of halogens is 1. The van der Waals surface area contributed by atoms with Crippen molar-refractivity contribution in [3.8, 4) is 0 Å². The fraction of sp³-hybridized carbons (Fsp3) is 0.364. The zero-order chi connectivity index (χ0) is 21.8. The number of rotatable bonds is 7. The molecule has 0 bridgehead atoms. The first-order valence-corrected chi connectivity index (χ1v) is 10.2. The number of hydrogen-bond acceptors (Lipinski definition) is 4. The van der Waals surface area contributed by atoms with E-state index in [-0.39, 0.29) is 18.5 Å². The van der Waals surface area contributed by atoms with Gasteiger partial charge in [0.1, 0.15) is 6.54 Å². The van der Waals surface area contributed by atoms with Crippen LogP contribution in [0, 0.1) is 0 Å². The van der Waals surface area contributed by atoms with Crippen LogP contribution in [0.15, 0.2) is 52.8 Å². The highest BCUT2D eigenvalue weighted by Crippen LogP contribution is 2.22. The van der Waals surface area contributed by atoms with Crippen LogP contribution < -0.4 is 4.90 Å². The zero-order valence-electron chi connectivity index (χ0n) is 17.7. The van der Waals surface area contributed by atoms with Crippen LogP contribution in [0.5, 0.6) is 0 Å². The quantitative estimate of drug-likeness (QED) is 0.495. The molecule has 2 heterocycles. The lowest BCUT2D eigenvalue weighted by Gasteiger charge is -2.16. The average molecular weight is 428 g/mol. The lowest BCUT2D eigenvalue weighted by atomic mass is 10.1. The molecule has 1 aromatic heterocycles. The average Bonchev–Trinajstić information content (AvgIpc) is 3.27. The molecule has 2 aromatic rings. The monoisotopic (exact) mass is 427 g/mol. The number of carbonyl (C=O) groups is 2. The highest BCUT2D eigenvalue weighted by atomic mass is 35.5. The Morgan fingerprint density at radius 3 is 2.67 bits per heavy atom. The molecule has 1 aliphatic rings. The lowest BCUT2D eigenvalue weighted by Crippen LogP contribution is -2.33. The predicted molar refractivity (Wildman–Crippen MR) is 119 cm³/mol. The summed E-state index contributed by atoms with van der Waals surface area (Å²) >= 11 is 6.02. The Bertz CT molecular complexity index is 1020. The Morgan fingerprint density at radius 1 is 1.23 bits per heavy atom. The molecule has 8 heteroatoms. The Labute approximate surface area is 181 Å². The van der Waals surface area contributed by atoms with Gasteiger partial charge in [0.15, 0.2) is 0 Å². The Hall–Kier alpha value is -2.93. The number of urea groups is 1. The van der Waals surface area contributed by atoms with Crippen LogP contribution >= 0.6 is 11.6 Å². The molecule has 158 valence electrons. The standard InChI is InChI=1S/C22H26ClN5O2/c1-15(2)20(16(3)24-4)13-27-12-19(11-25-27)28-21(29)14-26(22(28)30)9-8-17-6-5-7-18(23)10-17/h5-7,10-12H,8-9,13-14H2,1-4H3. The van der Waals surface area contributed by atoms with Gasteiger partial charge in [-0.15, -0.1) is 0 Å². The van der Waals surface area contributed by atoms with Crippen LogP contribution in [0.1, 0.15) is 26.3 Å². The van der Waals surface area contributed by atoms with Gasteiger partial charge in [-0.2, -0.15) is 5.10 Å². The maximum absolute atomic E-state index is 12.8. The number of imide groups is 1. The van der Waals surface area contributed by atoms with Crippen LogP contribution in [0.2, 0.25) is 5.02 Å². The van der Waals surface area contributed by atoms with Crippen LogP contribution in [0.4, 0.5) is 10.5 Å². The van der Waals surface area contributed by atoms with E-state index in [1.807, 2.05) is 45.0 Å².